The van der Waals surface area contributed by atoms with E-state index in [1.165, 1.54) is 11.8 Å². The van der Waals surface area contributed by atoms with E-state index in [1.807, 2.05) is 6.92 Å². The number of hydrogen-bond acceptors (Lipinski definition) is 4. The summed E-state index contributed by atoms with van der Waals surface area (Å²) in [6, 6.07) is 3.18. The highest BCUT2D eigenvalue weighted by Gasteiger charge is 2.15. The largest absolute Gasteiger partial charge is 0.368 e. The van der Waals surface area contributed by atoms with Crippen LogP contribution < -0.4 is 11.1 Å². The Morgan fingerprint density at radius 2 is 2.50 bits per heavy atom. The van der Waals surface area contributed by atoms with Crippen LogP contribution in [0, 0.1) is 0 Å². The third kappa shape index (κ3) is 4.00. The highest BCUT2D eigenvalue weighted by Crippen LogP contribution is 2.24. The summed E-state index contributed by atoms with van der Waals surface area (Å²) in [4.78, 5) is 15.2. The van der Waals surface area contributed by atoms with Crippen LogP contribution in [0.3, 0.4) is 0 Å². The number of nitrogens with zero attached hydrogens (tertiary/aromatic N) is 1. The van der Waals surface area contributed by atoms with Crippen molar-refractivity contribution < 1.29 is 4.79 Å². The monoisotopic (exact) mass is 259 g/mol. The molecule has 0 aliphatic heterocycles. The van der Waals surface area contributed by atoms with Gasteiger partial charge in [-0.2, -0.15) is 0 Å². The van der Waals surface area contributed by atoms with E-state index >= 15 is 0 Å². The quantitative estimate of drug-likeness (QED) is 0.756. The van der Waals surface area contributed by atoms with Crippen LogP contribution in [0.1, 0.15) is 6.92 Å². The molecule has 0 saturated carbocycles. The summed E-state index contributed by atoms with van der Waals surface area (Å²) in [6.07, 6.45) is 1.67. The summed E-state index contributed by atoms with van der Waals surface area (Å²) < 4.78 is 0. The number of amides is 1. The fraction of sp³-hybridized carbons (Fsp3) is 0.400. The van der Waals surface area contributed by atoms with Crippen LogP contribution in [0.15, 0.2) is 23.4 Å². The maximum absolute atomic E-state index is 11.1. The molecular weight excluding hydrogens is 246 g/mol. The number of primary amides is 1. The zero-order valence-corrected chi connectivity index (χ0v) is 10.5. The van der Waals surface area contributed by atoms with E-state index < -0.39 is 0 Å². The molecule has 0 saturated heterocycles. The van der Waals surface area contributed by atoms with Crippen molar-refractivity contribution in [3.05, 3.63) is 23.4 Å². The van der Waals surface area contributed by atoms with Crippen molar-refractivity contribution >= 4 is 29.3 Å². The molecule has 1 aromatic heterocycles. The third-order valence-corrected chi connectivity index (χ3v) is 3.42. The van der Waals surface area contributed by atoms with Crippen molar-refractivity contribution in [1.82, 2.24) is 10.3 Å². The molecule has 1 atom stereocenters. The van der Waals surface area contributed by atoms with Crippen molar-refractivity contribution in [1.29, 1.82) is 0 Å². The zero-order valence-electron chi connectivity index (χ0n) is 8.94. The molecule has 88 valence electrons. The summed E-state index contributed by atoms with van der Waals surface area (Å²) in [7, 11) is 0. The van der Waals surface area contributed by atoms with Gasteiger partial charge in [0.25, 0.3) is 0 Å². The van der Waals surface area contributed by atoms with Gasteiger partial charge in [-0.3, -0.25) is 4.79 Å². The molecule has 1 rings (SSSR count). The molecule has 0 aliphatic rings. The molecule has 1 heterocycles. The molecule has 0 aliphatic carbocycles. The lowest BCUT2D eigenvalue weighted by Crippen LogP contribution is -2.43. The topological polar surface area (TPSA) is 68.0 Å². The smallest absolute Gasteiger partial charge is 0.235 e. The Labute approximate surface area is 104 Å². The van der Waals surface area contributed by atoms with E-state index in [0.717, 1.165) is 0 Å². The van der Waals surface area contributed by atoms with Crippen molar-refractivity contribution in [2.45, 2.75) is 18.0 Å². The first-order valence-electron chi connectivity index (χ1n) is 4.91. The number of thioether (sulfide) groups is 1. The third-order valence-electron chi connectivity index (χ3n) is 1.91. The fourth-order valence-electron chi connectivity index (χ4n) is 1.13. The molecule has 0 bridgehead atoms. The summed E-state index contributed by atoms with van der Waals surface area (Å²) in [5, 5.41) is 4.31. The van der Waals surface area contributed by atoms with Crippen LogP contribution in [-0.4, -0.2) is 29.2 Å². The second-order valence-corrected chi connectivity index (χ2v) is 4.53. The normalized spacial score (nSPS) is 12.4. The first-order chi connectivity index (χ1) is 7.65. The highest BCUT2D eigenvalue weighted by atomic mass is 35.5. The lowest BCUT2D eigenvalue weighted by atomic mass is 10.3. The molecule has 0 radical (unpaired) electrons. The summed E-state index contributed by atoms with van der Waals surface area (Å²) in [5.41, 5.74) is 5.26. The Morgan fingerprint density at radius 3 is 3.06 bits per heavy atom. The predicted octanol–water partition coefficient (Wildman–Crippen LogP) is 1.29. The summed E-state index contributed by atoms with van der Waals surface area (Å²) in [6.45, 7) is 2.62. The van der Waals surface area contributed by atoms with Gasteiger partial charge in [-0.25, -0.2) is 4.98 Å². The zero-order chi connectivity index (χ0) is 12.0. The van der Waals surface area contributed by atoms with E-state index in [2.05, 4.69) is 10.3 Å². The van der Waals surface area contributed by atoms with Gasteiger partial charge in [0.05, 0.1) is 11.1 Å². The maximum Gasteiger partial charge on any atom is 0.235 e. The molecule has 16 heavy (non-hydrogen) atoms. The van der Waals surface area contributed by atoms with E-state index in [9.17, 15) is 4.79 Å². The molecular formula is C10H14ClN3OS. The molecule has 1 unspecified atom stereocenters. The van der Waals surface area contributed by atoms with Crippen molar-refractivity contribution in [3.8, 4) is 0 Å². The summed E-state index contributed by atoms with van der Waals surface area (Å²) in [5.74, 6) is 0.168. The van der Waals surface area contributed by atoms with Crippen LogP contribution in [0.4, 0.5) is 0 Å². The van der Waals surface area contributed by atoms with Gasteiger partial charge in [-0.05, 0) is 18.7 Å². The second-order valence-electron chi connectivity index (χ2n) is 3.11. The van der Waals surface area contributed by atoms with Gasteiger partial charge in [0.2, 0.25) is 5.91 Å². The molecule has 0 spiro atoms. The van der Waals surface area contributed by atoms with Crippen LogP contribution in [0.5, 0.6) is 0 Å². The Hall–Kier alpha value is -0.780. The minimum atomic E-state index is -0.360. The fourth-order valence-corrected chi connectivity index (χ4v) is 2.36. The number of nitrogens with one attached hydrogen (secondary N) is 1. The Bertz CT molecular complexity index is 362. The second kappa shape index (κ2) is 6.73. The number of likely N-dealkylation sites (N-methyl/N-ethyl adjacent to an activating group) is 1. The average molecular weight is 260 g/mol. The first kappa shape index (κ1) is 13.3. The predicted molar refractivity (Wildman–Crippen MR) is 66.6 cm³/mol. The van der Waals surface area contributed by atoms with Gasteiger partial charge < -0.3 is 11.1 Å². The minimum Gasteiger partial charge on any atom is -0.368 e. The van der Waals surface area contributed by atoms with Crippen LogP contribution >= 0.6 is 23.4 Å². The van der Waals surface area contributed by atoms with Crippen LogP contribution in [-0.2, 0) is 4.79 Å². The van der Waals surface area contributed by atoms with Gasteiger partial charge in [0.1, 0.15) is 5.03 Å². The van der Waals surface area contributed by atoms with Gasteiger partial charge >= 0.3 is 0 Å². The number of halogens is 1. The Morgan fingerprint density at radius 1 is 1.75 bits per heavy atom. The lowest BCUT2D eigenvalue weighted by molar-refractivity contribution is -0.119. The van der Waals surface area contributed by atoms with Crippen molar-refractivity contribution in [2.24, 2.45) is 5.73 Å². The number of hydrogen-bond donors (Lipinski definition) is 2. The van der Waals surface area contributed by atoms with E-state index in [1.54, 1.807) is 18.3 Å². The van der Waals surface area contributed by atoms with E-state index in [4.69, 9.17) is 17.3 Å². The van der Waals surface area contributed by atoms with Gasteiger partial charge in [0, 0.05) is 11.9 Å². The number of aromatic nitrogens is 1. The number of rotatable bonds is 6. The average Bonchev–Trinajstić information content (AvgIpc) is 2.26. The number of pyridine rings is 1. The SMILES string of the molecule is CCNC(CSc1ncccc1Cl)C(N)=O. The molecule has 4 nitrogen and oxygen atoms in total. The Kier molecular flexibility index (Phi) is 5.59. The molecule has 1 amide bonds. The number of nitrogens with two attached hydrogens (primary N) is 1. The molecule has 1 aromatic rings. The van der Waals surface area contributed by atoms with E-state index in [-0.39, 0.29) is 11.9 Å². The molecule has 0 fully saturated rings. The van der Waals surface area contributed by atoms with E-state index in [0.29, 0.717) is 22.3 Å². The summed E-state index contributed by atoms with van der Waals surface area (Å²) >= 11 is 7.36. The highest BCUT2D eigenvalue weighted by molar-refractivity contribution is 7.99. The molecule has 0 aromatic carbocycles. The number of carbonyl (C=O) groups excluding carboxylic acids is 1. The molecule has 3 N–H and O–H groups in total. The number of carbonyl (C=O) groups is 1. The maximum atomic E-state index is 11.1. The first-order valence-corrected chi connectivity index (χ1v) is 6.27. The standard InChI is InChI=1S/C10H14ClN3OS/c1-2-13-8(9(12)15)6-16-10-7(11)4-3-5-14-10/h3-5,8,13H,2,6H2,1H3,(H2,12,15). The van der Waals surface area contributed by atoms with Crippen molar-refractivity contribution in [3.63, 3.8) is 0 Å². The van der Waals surface area contributed by atoms with Crippen LogP contribution in [0.25, 0.3) is 0 Å². The minimum absolute atomic E-state index is 0.354. The Balaban J connectivity index is 2.55. The molecule has 6 heteroatoms. The van der Waals surface area contributed by atoms with Gasteiger partial charge in [-0.1, -0.05) is 18.5 Å². The van der Waals surface area contributed by atoms with Crippen molar-refractivity contribution in [2.75, 3.05) is 12.3 Å². The lowest BCUT2D eigenvalue weighted by Gasteiger charge is -2.13. The van der Waals surface area contributed by atoms with Crippen LogP contribution in [0.2, 0.25) is 5.02 Å². The van der Waals surface area contributed by atoms with Gasteiger partial charge in [0.15, 0.2) is 0 Å². The van der Waals surface area contributed by atoms with Gasteiger partial charge in [-0.15, -0.1) is 11.8 Å².